The van der Waals surface area contributed by atoms with Gasteiger partial charge in [-0.2, -0.15) is 0 Å². The third-order valence-corrected chi connectivity index (χ3v) is 5.23. The van der Waals surface area contributed by atoms with E-state index >= 15 is 0 Å². The molecular weight excluding hydrogens is 254 g/mol. The van der Waals surface area contributed by atoms with Gasteiger partial charge >= 0.3 is 0 Å². The molecule has 0 heterocycles. The van der Waals surface area contributed by atoms with Crippen LogP contribution in [0, 0.1) is 24.2 Å². The average Bonchev–Trinajstić information content (AvgIpc) is 2.31. The van der Waals surface area contributed by atoms with Gasteiger partial charge < -0.3 is 5.32 Å². The van der Waals surface area contributed by atoms with Crippen LogP contribution < -0.4 is 5.32 Å². The van der Waals surface area contributed by atoms with Gasteiger partial charge in [-0.1, -0.05) is 58.9 Å². The van der Waals surface area contributed by atoms with E-state index in [0.717, 1.165) is 24.9 Å². The maximum atomic E-state index is 3.73. The van der Waals surface area contributed by atoms with Gasteiger partial charge in [-0.05, 0) is 54.7 Å². The normalized spacial score (nSPS) is 26.0. The lowest BCUT2D eigenvalue weighted by Crippen LogP contribution is -2.52. The van der Waals surface area contributed by atoms with Crippen LogP contribution in [-0.2, 0) is 5.41 Å². The average molecular weight is 287 g/mol. The summed E-state index contributed by atoms with van der Waals surface area (Å²) in [5.41, 5.74) is 3.82. The van der Waals surface area contributed by atoms with Crippen molar-refractivity contribution in [2.75, 3.05) is 13.1 Å². The lowest BCUT2D eigenvalue weighted by molar-refractivity contribution is 0.0441. The van der Waals surface area contributed by atoms with Gasteiger partial charge in [0.15, 0.2) is 0 Å². The van der Waals surface area contributed by atoms with E-state index in [1.165, 1.54) is 18.4 Å². The molecule has 0 atom stereocenters. The smallest absolute Gasteiger partial charge is 0.00860 e. The first-order valence-electron chi connectivity index (χ1n) is 8.51. The lowest BCUT2D eigenvalue weighted by atomic mass is 9.52. The fourth-order valence-corrected chi connectivity index (χ4v) is 3.72. The summed E-state index contributed by atoms with van der Waals surface area (Å²) in [5, 5.41) is 3.73. The first kappa shape index (κ1) is 16.5. The Morgan fingerprint density at radius 1 is 1.19 bits per heavy atom. The van der Waals surface area contributed by atoms with Gasteiger partial charge in [-0.3, -0.25) is 0 Å². The third kappa shape index (κ3) is 3.69. The molecule has 21 heavy (non-hydrogen) atoms. The minimum absolute atomic E-state index is 0.359. The Bertz CT molecular complexity index is 461. The van der Waals surface area contributed by atoms with Gasteiger partial charge in [0.25, 0.3) is 0 Å². The molecule has 0 aliphatic heterocycles. The van der Waals surface area contributed by atoms with Crippen molar-refractivity contribution in [2.24, 2.45) is 17.3 Å². The Hall–Kier alpha value is -0.820. The first-order chi connectivity index (χ1) is 9.74. The Morgan fingerprint density at radius 2 is 1.81 bits per heavy atom. The highest BCUT2D eigenvalue weighted by Gasteiger charge is 2.49. The van der Waals surface area contributed by atoms with Crippen LogP contribution in [0.25, 0.3) is 0 Å². The van der Waals surface area contributed by atoms with Crippen LogP contribution in [0.1, 0.15) is 58.6 Å². The number of hydrogen-bond donors (Lipinski definition) is 1. The van der Waals surface area contributed by atoms with Crippen molar-refractivity contribution in [1.29, 1.82) is 0 Å². The molecule has 0 saturated heterocycles. The van der Waals surface area contributed by atoms with E-state index in [1.54, 1.807) is 5.56 Å². The predicted molar refractivity (Wildman–Crippen MR) is 92.7 cm³/mol. The van der Waals surface area contributed by atoms with Crippen molar-refractivity contribution in [3.05, 3.63) is 35.4 Å². The van der Waals surface area contributed by atoms with Gasteiger partial charge in [-0.15, -0.1) is 0 Å². The minimum Gasteiger partial charge on any atom is -0.316 e. The van der Waals surface area contributed by atoms with Crippen LogP contribution in [0.5, 0.6) is 0 Å². The largest absolute Gasteiger partial charge is 0.316 e. The molecule has 1 saturated carbocycles. The Kier molecular flexibility index (Phi) is 4.82. The monoisotopic (exact) mass is 287 g/mol. The number of nitrogens with one attached hydrogen (secondary N) is 1. The zero-order valence-corrected chi connectivity index (χ0v) is 14.8. The van der Waals surface area contributed by atoms with Crippen molar-refractivity contribution in [3.8, 4) is 0 Å². The maximum absolute atomic E-state index is 3.73. The molecule has 0 bridgehead atoms. The van der Waals surface area contributed by atoms with Crippen LogP contribution in [0.2, 0.25) is 0 Å². The summed E-state index contributed by atoms with van der Waals surface area (Å²) in [7, 11) is 0. The molecule has 1 aliphatic rings. The number of rotatable bonds is 5. The fourth-order valence-electron chi connectivity index (χ4n) is 3.72. The standard InChI is InChI=1S/C20H33N/c1-15(2)13-21-14-20(11-17(12-20)19(4,5)6)18-10-8-7-9-16(18)3/h7-10,15,17,21H,11-14H2,1-6H3. The van der Waals surface area contributed by atoms with Crippen LogP contribution in [0.4, 0.5) is 0 Å². The molecule has 0 radical (unpaired) electrons. The summed E-state index contributed by atoms with van der Waals surface area (Å²) in [5.74, 6) is 1.57. The van der Waals surface area contributed by atoms with E-state index in [9.17, 15) is 0 Å². The van der Waals surface area contributed by atoms with Gasteiger partial charge in [0.05, 0.1) is 0 Å². The molecule has 1 aliphatic carbocycles. The first-order valence-corrected chi connectivity index (χ1v) is 8.51. The summed E-state index contributed by atoms with van der Waals surface area (Å²) < 4.78 is 0. The molecule has 1 nitrogen and oxygen atoms in total. The summed E-state index contributed by atoms with van der Waals surface area (Å²) in [6, 6.07) is 8.99. The van der Waals surface area contributed by atoms with E-state index in [1.807, 2.05) is 0 Å². The Balaban J connectivity index is 2.15. The van der Waals surface area contributed by atoms with E-state index in [-0.39, 0.29) is 0 Å². The van der Waals surface area contributed by atoms with Crippen LogP contribution in [-0.4, -0.2) is 13.1 Å². The molecule has 2 rings (SSSR count). The summed E-state index contributed by atoms with van der Waals surface area (Å²) in [6.45, 7) is 16.3. The van der Waals surface area contributed by atoms with E-state index < -0.39 is 0 Å². The maximum Gasteiger partial charge on any atom is 0.00860 e. The summed E-state index contributed by atoms with van der Waals surface area (Å²) >= 11 is 0. The molecule has 0 amide bonds. The second-order valence-electron chi connectivity index (χ2n) is 8.59. The van der Waals surface area contributed by atoms with Crippen molar-refractivity contribution >= 4 is 0 Å². The van der Waals surface area contributed by atoms with Gasteiger partial charge in [0, 0.05) is 12.0 Å². The number of aryl methyl sites for hydroxylation is 1. The fraction of sp³-hybridized carbons (Fsp3) is 0.700. The quantitative estimate of drug-likeness (QED) is 0.809. The lowest BCUT2D eigenvalue weighted by Gasteiger charge is -2.54. The topological polar surface area (TPSA) is 12.0 Å². The van der Waals surface area contributed by atoms with E-state index in [2.05, 4.69) is 71.1 Å². The molecule has 1 N–H and O–H groups in total. The highest BCUT2D eigenvalue weighted by Crippen LogP contribution is 2.54. The van der Waals surface area contributed by atoms with Crippen molar-refractivity contribution in [3.63, 3.8) is 0 Å². The molecule has 0 aromatic heterocycles. The molecule has 1 aromatic carbocycles. The molecule has 0 unspecified atom stereocenters. The summed E-state index contributed by atoms with van der Waals surface area (Å²) in [6.07, 6.45) is 2.65. The molecule has 1 fully saturated rings. The van der Waals surface area contributed by atoms with E-state index in [0.29, 0.717) is 10.8 Å². The van der Waals surface area contributed by atoms with Crippen molar-refractivity contribution in [2.45, 2.75) is 59.8 Å². The highest BCUT2D eigenvalue weighted by molar-refractivity contribution is 5.36. The van der Waals surface area contributed by atoms with Crippen molar-refractivity contribution in [1.82, 2.24) is 5.32 Å². The molecule has 1 aromatic rings. The highest BCUT2D eigenvalue weighted by atomic mass is 14.9. The summed E-state index contributed by atoms with van der Waals surface area (Å²) in [4.78, 5) is 0. The number of hydrogen-bond acceptors (Lipinski definition) is 1. The van der Waals surface area contributed by atoms with Crippen LogP contribution in [0.3, 0.4) is 0 Å². The molecule has 118 valence electrons. The van der Waals surface area contributed by atoms with Gasteiger partial charge in [-0.25, -0.2) is 0 Å². The third-order valence-electron chi connectivity index (χ3n) is 5.23. The van der Waals surface area contributed by atoms with Gasteiger partial charge in [0.2, 0.25) is 0 Å². The minimum atomic E-state index is 0.359. The molecular formula is C20H33N. The molecule has 1 heteroatoms. The predicted octanol–water partition coefficient (Wildman–Crippen LogP) is 4.93. The number of benzene rings is 1. The van der Waals surface area contributed by atoms with Gasteiger partial charge in [0.1, 0.15) is 0 Å². The second-order valence-corrected chi connectivity index (χ2v) is 8.59. The van der Waals surface area contributed by atoms with E-state index in [4.69, 9.17) is 0 Å². The SMILES string of the molecule is Cc1ccccc1C1(CNCC(C)C)CC(C(C)(C)C)C1. The van der Waals surface area contributed by atoms with Crippen LogP contribution >= 0.6 is 0 Å². The van der Waals surface area contributed by atoms with Crippen molar-refractivity contribution < 1.29 is 0 Å². The van der Waals surface area contributed by atoms with Crippen LogP contribution in [0.15, 0.2) is 24.3 Å². The Labute approximate surface area is 131 Å². The molecule has 0 spiro atoms. The zero-order chi connectivity index (χ0) is 15.7. The Morgan fingerprint density at radius 3 is 2.33 bits per heavy atom. The second kappa shape index (κ2) is 6.12. The zero-order valence-electron chi connectivity index (χ0n) is 14.8.